The lowest BCUT2D eigenvalue weighted by molar-refractivity contribution is -0.117. The van der Waals surface area contributed by atoms with Crippen molar-refractivity contribution >= 4 is 40.7 Å². The molecule has 1 N–H and O–H groups in total. The van der Waals surface area contributed by atoms with Gasteiger partial charge in [0, 0.05) is 21.8 Å². The van der Waals surface area contributed by atoms with Gasteiger partial charge in [-0.1, -0.05) is 29.3 Å². The van der Waals surface area contributed by atoms with Crippen LogP contribution in [0.4, 0.5) is 18.9 Å². The lowest BCUT2D eigenvalue weighted by atomic mass is 10.1. The van der Waals surface area contributed by atoms with E-state index in [0.717, 1.165) is 23.1 Å². The first-order valence-corrected chi connectivity index (χ1v) is 9.73. The fraction of sp³-hybridized carbons (Fsp3) is 0.0909. The second kappa shape index (κ2) is 9.85. The number of anilines is 1. The van der Waals surface area contributed by atoms with Gasteiger partial charge in [0.25, 0.3) is 5.91 Å². The van der Waals surface area contributed by atoms with E-state index in [1.165, 1.54) is 42.5 Å². The van der Waals surface area contributed by atoms with Crippen LogP contribution in [0.1, 0.15) is 15.9 Å². The highest BCUT2D eigenvalue weighted by Crippen LogP contribution is 2.21. The molecular formula is C22H15Cl2F3N2O2. The number of amides is 2. The highest BCUT2D eigenvalue weighted by molar-refractivity contribution is 6.31. The van der Waals surface area contributed by atoms with Gasteiger partial charge in [-0.3, -0.25) is 9.59 Å². The molecule has 31 heavy (non-hydrogen) atoms. The standard InChI is InChI=1S/C22H15Cl2F3N2O2/c23-14-6-4-13(5-7-14)22(31)29(11-16-18(25)2-1-3-19(16)26)12-21(30)28-15-8-9-20(27)17(24)10-15/h1-10H,11-12H2,(H,28,30). The maximum absolute atomic E-state index is 14.1. The summed E-state index contributed by atoms with van der Waals surface area (Å²) in [5, 5.41) is 2.68. The minimum Gasteiger partial charge on any atom is -0.325 e. The number of hydrogen-bond acceptors (Lipinski definition) is 2. The molecule has 4 nitrogen and oxygen atoms in total. The Morgan fingerprint density at radius 3 is 2.13 bits per heavy atom. The van der Waals surface area contributed by atoms with E-state index in [1.807, 2.05) is 0 Å². The quantitative estimate of drug-likeness (QED) is 0.507. The van der Waals surface area contributed by atoms with Gasteiger partial charge in [-0.05, 0) is 54.6 Å². The van der Waals surface area contributed by atoms with E-state index in [9.17, 15) is 22.8 Å². The zero-order chi connectivity index (χ0) is 22.5. The number of nitrogens with one attached hydrogen (secondary N) is 1. The Kier molecular flexibility index (Phi) is 7.20. The van der Waals surface area contributed by atoms with E-state index < -0.39 is 42.4 Å². The number of hydrogen-bond donors (Lipinski definition) is 1. The lowest BCUT2D eigenvalue weighted by Gasteiger charge is -2.23. The average Bonchev–Trinajstić information content (AvgIpc) is 2.72. The molecule has 0 bridgehead atoms. The molecule has 3 rings (SSSR count). The first-order chi connectivity index (χ1) is 14.7. The normalized spacial score (nSPS) is 10.6. The van der Waals surface area contributed by atoms with Crippen LogP contribution in [0.25, 0.3) is 0 Å². The highest BCUT2D eigenvalue weighted by Gasteiger charge is 2.22. The predicted octanol–water partition coefficient (Wildman–Crippen LogP) is 5.69. The van der Waals surface area contributed by atoms with E-state index in [1.54, 1.807) is 0 Å². The van der Waals surface area contributed by atoms with Gasteiger partial charge in [-0.15, -0.1) is 0 Å². The first-order valence-electron chi connectivity index (χ1n) is 8.97. The van der Waals surface area contributed by atoms with E-state index >= 15 is 0 Å². The van der Waals surface area contributed by atoms with Crippen molar-refractivity contribution in [1.82, 2.24) is 4.90 Å². The highest BCUT2D eigenvalue weighted by atomic mass is 35.5. The Morgan fingerprint density at radius 2 is 1.52 bits per heavy atom. The van der Waals surface area contributed by atoms with Gasteiger partial charge in [-0.25, -0.2) is 13.2 Å². The molecule has 0 unspecified atom stereocenters. The van der Waals surface area contributed by atoms with Crippen LogP contribution in [-0.4, -0.2) is 23.3 Å². The van der Waals surface area contributed by atoms with Crippen LogP contribution < -0.4 is 5.32 Å². The largest absolute Gasteiger partial charge is 0.325 e. The molecule has 0 fully saturated rings. The Hall–Kier alpha value is -3.03. The molecule has 2 amide bonds. The Labute approximate surface area is 186 Å². The van der Waals surface area contributed by atoms with Gasteiger partial charge in [0.2, 0.25) is 5.91 Å². The summed E-state index contributed by atoms with van der Waals surface area (Å²) < 4.78 is 41.6. The van der Waals surface area contributed by atoms with Crippen molar-refractivity contribution in [3.05, 3.63) is 99.3 Å². The Bertz CT molecular complexity index is 1100. The molecule has 3 aromatic carbocycles. The molecule has 0 radical (unpaired) electrons. The monoisotopic (exact) mass is 466 g/mol. The van der Waals surface area contributed by atoms with E-state index in [4.69, 9.17) is 23.2 Å². The van der Waals surface area contributed by atoms with E-state index in [0.29, 0.717) is 5.02 Å². The average molecular weight is 467 g/mol. The minimum absolute atomic E-state index is 0.179. The SMILES string of the molecule is O=C(CN(Cc1c(F)cccc1F)C(=O)c1ccc(Cl)cc1)Nc1ccc(F)c(Cl)c1. The third kappa shape index (κ3) is 5.77. The first kappa shape index (κ1) is 22.7. The van der Waals surface area contributed by atoms with Gasteiger partial charge in [0.1, 0.15) is 24.0 Å². The van der Waals surface area contributed by atoms with Crippen molar-refractivity contribution in [3.63, 3.8) is 0 Å². The summed E-state index contributed by atoms with van der Waals surface area (Å²) in [6.07, 6.45) is 0. The summed E-state index contributed by atoms with van der Waals surface area (Å²) in [5.41, 5.74) is 0.0218. The number of nitrogens with zero attached hydrogens (tertiary/aromatic N) is 1. The van der Waals surface area contributed by atoms with Crippen molar-refractivity contribution in [2.45, 2.75) is 6.54 Å². The summed E-state index contributed by atoms with van der Waals surface area (Å²) in [6, 6.07) is 12.7. The third-order valence-corrected chi connectivity index (χ3v) is 4.87. The van der Waals surface area contributed by atoms with E-state index in [-0.39, 0.29) is 21.8 Å². The molecule has 0 aromatic heterocycles. The summed E-state index contributed by atoms with van der Waals surface area (Å²) in [6.45, 7) is -1.01. The van der Waals surface area contributed by atoms with Crippen LogP contribution in [0.15, 0.2) is 60.7 Å². The van der Waals surface area contributed by atoms with Crippen molar-refractivity contribution in [3.8, 4) is 0 Å². The zero-order valence-corrected chi connectivity index (χ0v) is 17.4. The predicted molar refractivity (Wildman–Crippen MR) is 113 cm³/mol. The third-order valence-electron chi connectivity index (χ3n) is 4.33. The van der Waals surface area contributed by atoms with Crippen LogP contribution in [0.3, 0.4) is 0 Å². The number of rotatable bonds is 6. The molecule has 0 aliphatic rings. The second-order valence-electron chi connectivity index (χ2n) is 6.55. The van der Waals surface area contributed by atoms with Gasteiger partial charge >= 0.3 is 0 Å². The molecule has 0 heterocycles. The number of carbonyl (C=O) groups excluding carboxylic acids is 2. The van der Waals surface area contributed by atoms with Gasteiger partial charge in [-0.2, -0.15) is 0 Å². The number of carbonyl (C=O) groups is 2. The van der Waals surface area contributed by atoms with Gasteiger partial charge in [0.05, 0.1) is 11.6 Å². The molecule has 160 valence electrons. The fourth-order valence-electron chi connectivity index (χ4n) is 2.80. The Morgan fingerprint density at radius 1 is 0.871 bits per heavy atom. The molecule has 0 saturated carbocycles. The number of benzene rings is 3. The number of halogens is 5. The van der Waals surface area contributed by atoms with Crippen molar-refractivity contribution < 1.29 is 22.8 Å². The smallest absolute Gasteiger partial charge is 0.254 e. The van der Waals surface area contributed by atoms with Crippen LogP contribution in [0, 0.1) is 17.5 Å². The minimum atomic E-state index is -0.848. The second-order valence-corrected chi connectivity index (χ2v) is 7.39. The molecule has 3 aromatic rings. The van der Waals surface area contributed by atoms with Crippen LogP contribution >= 0.6 is 23.2 Å². The summed E-state index contributed by atoms with van der Waals surface area (Å²) >= 11 is 11.5. The van der Waals surface area contributed by atoms with Crippen LogP contribution in [-0.2, 0) is 11.3 Å². The van der Waals surface area contributed by atoms with Crippen LogP contribution in [0.5, 0.6) is 0 Å². The maximum Gasteiger partial charge on any atom is 0.254 e. The lowest BCUT2D eigenvalue weighted by Crippen LogP contribution is -2.38. The van der Waals surface area contributed by atoms with Gasteiger partial charge < -0.3 is 10.2 Å². The van der Waals surface area contributed by atoms with Crippen molar-refractivity contribution in [2.24, 2.45) is 0 Å². The summed E-state index contributed by atoms with van der Waals surface area (Å²) in [7, 11) is 0. The zero-order valence-electron chi connectivity index (χ0n) is 15.8. The topological polar surface area (TPSA) is 49.4 Å². The molecule has 0 aliphatic heterocycles. The fourth-order valence-corrected chi connectivity index (χ4v) is 3.10. The van der Waals surface area contributed by atoms with E-state index in [2.05, 4.69) is 5.32 Å². The molecule has 0 atom stereocenters. The molecular weight excluding hydrogens is 452 g/mol. The van der Waals surface area contributed by atoms with Crippen molar-refractivity contribution in [1.29, 1.82) is 0 Å². The van der Waals surface area contributed by atoms with Crippen LogP contribution in [0.2, 0.25) is 10.0 Å². The molecule has 9 heteroatoms. The molecule has 0 spiro atoms. The van der Waals surface area contributed by atoms with Crippen molar-refractivity contribution in [2.75, 3.05) is 11.9 Å². The summed E-state index contributed by atoms with van der Waals surface area (Å²) in [5.74, 6) is -3.65. The molecule has 0 aliphatic carbocycles. The Balaban J connectivity index is 1.85. The maximum atomic E-state index is 14.1. The molecule has 0 saturated heterocycles. The summed E-state index contributed by atoms with van der Waals surface area (Å²) in [4.78, 5) is 26.5. The van der Waals surface area contributed by atoms with Gasteiger partial charge in [0.15, 0.2) is 0 Å².